The van der Waals surface area contributed by atoms with Gasteiger partial charge in [-0.05, 0) is 75.0 Å². The van der Waals surface area contributed by atoms with E-state index in [-0.39, 0.29) is 35.5 Å². The lowest BCUT2D eigenvalue weighted by Crippen LogP contribution is -2.62. The van der Waals surface area contributed by atoms with Crippen LogP contribution >= 0.6 is 0 Å². The number of nitrogens with one attached hydrogen (secondary N) is 5. The van der Waals surface area contributed by atoms with Crippen molar-refractivity contribution in [2.45, 2.75) is 111 Å². The molecular formula is C31H52N6O6. The number of amides is 6. The van der Waals surface area contributed by atoms with E-state index in [0.29, 0.717) is 32.0 Å². The quantitative estimate of drug-likeness (QED) is 0.216. The zero-order chi connectivity index (χ0) is 32.1. The van der Waals surface area contributed by atoms with E-state index in [0.717, 1.165) is 12.8 Å². The van der Waals surface area contributed by atoms with Gasteiger partial charge in [0, 0.05) is 31.1 Å². The second kappa shape index (κ2) is 11.9. The highest BCUT2D eigenvalue weighted by Crippen LogP contribution is 2.65. The number of nitrogens with zero attached hydrogens (tertiary/aromatic N) is 1. The van der Waals surface area contributed by atoms with Gasteiger partial charge < -0.3 is 36.6 Å². The molecular weight excluding hydrogens is 552 g/mol. The zero-order valence-electron chi connectivity index (χ0n) is 27.0. The maximum atomic E-state index is 14.1. The molecule has 0 aromatic carbocycles. The SMILES string of the molecule is CC(C)(C)NC(=O)N[C@H](C(=O)N1C[C@H]2[C@@H]([C@H]1C(=O)N[C@@H](C[C@@H]1CCNC1=O)[C@@H](O)C(=O)NCC1CC1)C2(C)C)C(C)(C)C. The Balaban J connectivity index is 1.54. The van der Waals surface area contributed by atoms with Crippen LogP contribution < -0.4 is 26.6 Å². The second-order valence-corrected chi connectivity index (χ2v) is 15.8. The third-order valence-corrected chi connectivity index (χ3v) is 9.58. The summed E-state index contributed by atoms with van der Waals surface area (Å²) >= 11 is 0. The first-order chi connectivity index (χ1) is 19.8. The fraction of sp³-hybridized carbons (Fsp3) is 0.839. The van der Waals surface area contributed by atoms with Crippen molar-refractivity contribution in [3.05, 3.63) is 0 Å². The third-order valence-electron chi connectivity index (χ3n) is 9.58. The lowest BCUT2D eigenvalue weighted by atomic mass is 9.85. The number of carbonyl (C=O) groups excluding carboxylic acids is 5. The topological polar surface area (TPSA) is 169 Å². The number of rotatable bonds is 10. The van der Waals surface area contributed by atoms with Gasteiger partial charge in [-0.3, -0.25) is 19.2 Å². The molecule has 6 N–H and O–H groups in total. The lowest BCUT2D eigenvalue weighted by molar-refractivity contribution is -0.145. The van der Waals surface area contributed by atoms with E-state index in [1.807, 2.05) is 41.5 Å². The standard InChI is InChI=1S/C31H52N6O6/c1-29(2,3)23(35-28(43)36-30(4,5)6)27(42)37-15-18-20(31(18,7)8)21(37)25(40)34-19(13-17-11-12-32-24(17)39)22(38)26(41)33-14-16-9-10-16/h16-23,38H,9-15H2,1-8H3,(H,32,39)(H,33,41)(H,34,40)(H2,35,36,43)/t17-,18-,19-,20-,21-,22+,23+/m0/s1. The van der Waals surface area contributed by atoms with E-state index >= 15 is 0 Å². The van der Waals surface area contributed by atoms with E-state index in [4.69, 9.17) is 0 Å². The van der Waals surface area contributed by atoms with Crippen LogP contribution in [0.1, 0.15) is 81.1 Å². The monoisotopic (exact) mass is 604 g/mol. The van der Waals surface area contributed by atoms with Crippen LogP contribution in [0, 0.1) is 34.5 Å². The molecule has 2 saturated carbocycles. The van der Waals surface area contributed by atoms with E-state index in [9.17, 15) is 29.1 Å². The van der Waals surface area contributed by atoms with Crippen LogP contribution in [0.15, 0.2) is 0 Å². The molecule has 0 aromatic heterocycles. The Bertz CT molecular complexity index is 1120. The van der Waals surface area contributed by atoms with Crippen LogP contribution in [0.25, 0.3) is 0 Å². The summed E-state index contributed by atoms with van der Waals surface area (Å²) in [5.74, 6) is -1.62. The lowest BCUT2D eigenvalue weighted by Gasteiger charge is -2.38. The Morgan fingerprint density at radius 1 is 1.05 bits per heavy atom. The van der Waals surface area contributed by atoms with Gasteiger partial charge in [0.05, 0.1) is 6.04 Å². The summed E-state index contributed by atoms with van der Waals surface area (Å²) < 4.78 is 0. The summed E-state index contributed by atoms with van der Waals surface area (Å²) in [6.07, 6.45) is 1.17. The molecule has 7 atom stereocenters. The smallest absolute Gasteiger partial charge is 0.315 e. The minimum Gasteiger partial charge on any atom is -0.381 e. The first-order valence-corrected chi connectivity index (χ1v) is 15.7. The maximum absolute atomic E-state index is 14.1. The second-order valence-electron chi connectivity index (χ2n) is 15.8. The van der Waals surface area contributed by atoms with Crippen molar-refractivity contribution >= 4 is 29.7 Å². The Morgan fingerprint density at radius 3 is 2.23 bits per heavy atom. The molecule has 0 unspecified atom stereocenters. The number of fused-ring (bicyclic) bond motifs is 1. The fourth-order valence-corrected chi connectivity index (χ4v) is 6.70. The summed E-state index contributed by atoms with van der Waals surface area (Å²) in [4.78, 5) is 67.9. The average molecular weight is 605 g/mol. The number of aliphatic hydroxyl groups is 1. The summed E-state index contributed by atoms with van der Waals surface area (Å²) in [6.45, 7) is 16.6. The van der Waals surface area contributed by atoms with E-state index in [1.165, 1.54) is 0 Å². The third kappa shape index (κ3) is 7.61. The van der Waals surface area contributed by atoms with Gasteiger partial charge in [-0.1, -0.05) is 34.6 Å². The number of carbonyl (C=O) groups is 5. The molecule has 4 fully saturated rings. The molecule has 12 nitrogen and oxygen atoms in total. The van der Waals surface area contributed by atoms with Crippen LogP contribution in [0.2, 0.25) is 0 Å². The predicted octanol–water partition coefficient (Wildman–Crippen LogP) is 0.880. The van der Waals surface area contributed by atoms with Crippen molar-refractivity contribution in [1.82, 2.24) is 31.5 Å². The Morgan fingerprint density at radius 2 is 1.70 bits per heavy atom. The van der Waals surface area contributed by atoms with Gasteiger partial charge in [0.25, 0.3) is 5.91 Å². The number of hydrogen-bond donors (Lipinski definition) is 6. The molecule has 0 spiro atoms. The predicted molar refractivity (Wildman–Crippen MR) is 160 cm³/mol. The molecule has 4 aliphatic rings. The van der Waals surface area contributed by atoms with Gasteiger partial charge in [-0.25, -0.2) is 4.79 Å². The molecule has 0 radical (unpaired) electrons. The van der Waals surface area contributed by atoms with Crippen LogP contribution in [0.4, 0.5) is 4.79 Å². The van der Waals surface area contributed by atoms with Gasteiger partial charge in [0.2, 0.25) is 17.7 Å². The van der Waals surface area contributed by atoms with Crippen molar-refractivity contribution < 1.29 is 29.1 Å². The number of hydrogen-bond acceptors (Lipinski definition) is 6. The molecule has 2 aliphatic carbocycles. The molecule has 43 heavy (non-hydrogen) atoms. The first-order valence-electron chi connectivity index (χ1n) is 15.7. The minimum atomic E-state index is -1.55. The van der Waals surface area contributed by atoms with Crippen molar-refractivity contribution in [1.29, 1.82) is 0 Å². The Hall–Kier alpha value is -2.89. The van der Waals surface area contributed by atoms with Gasteiger partial charge in [0.1, 0.15) is 12.1 Å². The summed E-state index contributed by atoms with van der Waals surface area (Å²) in [5, 5.41) is 25.2. The van der Waals surface area contributed by atoms with Crippen LogP contribution in [0.5, 0.6) is 0 Å². The van der Waals surface area contributed by atoms with Crippen molar-refractivity contribution in [3.8, 4) is 0 Å². The fourth-order valence-electron chi connectivity index (χ4n) is 6.70. The Kier molecular flexibility index (Phi) is 9.13. The largest absolute Gasteiger partial charge is 0.381 e. The van der Waals surface area contributed by atoms with Crippen LogP contribution in [-0.4, -0.2) is 89.1 Å². The molecule has 6 amide bonds. The van der Waals surface area contributed by atoms with Gasteiger partial charge >= 0.3 is 6.03 Å². The van der Waals surface area contributed by atoms with Crippen LogP contribution in [0.3, 0.4) is 0 Å². The van der Waals surface area contributed by atoms with Crippen molar-refractivity contribution in [3.63, 3.8) is 0 Å². The number of urea groups is 1. The van der Waals surface area contributed by atoms with E-state index in [2.05, 4.69) is 40.4 Å². The van der Waals surface area contributed by atoms with Crippen LogP contribution in [-0.2, 0) is 19.2 Å². The Labute approximate surface area is 255 Å². The summed E-state index contributed by atoms with van der Waals surface area (Å²) in [6, 6.07) is -3.22. The first kappa shape index (κ1) is 33.0. The molecule has 12 heteroatoms. The molecule has 4 rings (SSSR count). The number of aliphatic hydroxyl groups excluding tert-OH is 1. The minimum absolute atomic E-state index is 0.0991. The molecule has 242 valence electrons. The summed E-state index contributed by atoms with van der Waals surface area (Å²) in [5.41, 5.74) is -1.33. The van der Waals surface area contributed by atoms with Gasteiger partial charge in [-0.15, -0.1) is 0 Å². The number of likely N-dealkylation sites (tertiary alicyclic amines) is 1. The maximum Gasteiger partial charge on any atom is 0.315 e. The normalized spacial score (nSPS) is 28.2. The number of piperidine rings is 1. The highest BCUT2D eigenvalue weighted by molar-refractivity contribution is 5.94. The average Bonchev–Trinajstić information content (AvgIpc) is 3.67. The molecule has 2 heterocycles. The van der Waals surface area contributed by atoms with Crippen molar-refractivity contribution in [2.75, 3.05) is 19.6 Å². The van der Waals surface area contributed by atoms with E-state index < -0.39 is 58.9 Å². The highest BCUT2D eigenvalue weighted by atomic mass is 16.3. The molecule has 2 aliphatic heterocycles. The molecule has 0 bridgehead atoms. The van der Waals surface area contributed by atoms with E-state index in [1.54, 1.807) is 4.90 Å². The molecule has 0 aromatic rings. The zero-order valence-corrected chi connectivity index (χ0v) is 27.0. The van der Waals surface area contributed by atoms with Gasteiger partial charge in [0.15, 0.2) is 6.10 Å². The van der Waals surface area contributed by atoms with Gasteiger partial charge in [-0.2, -0.15) is 0 Å². The summed E-state index contributed by atoms with van der Waals surface area (Å²) in [7, 11) is 0. The molecule has 2 saturated heterocycles. The highest BCUT2D eigenvalue weighted by Gasteiger charge is 2.70. The van der Waals surface area contributed by atoms with Crippen molar-refractivity contribution in [2.24, 2.45) is 34.5 Å².